The van der Waals surface area contributed by atoms with Gasteiger partial charge in [0.05, 0.1) is 6.54 Å². The molecule has 0 aromatic carbocycles. The molecular weight excluding hydrogens is 318 g/mol. The molecule has 2 aromatic rings. The number of anilines is 1. The van der Waals surface area contributed by atoms with Crippen LogP contribution in [0.5, 0.6) is 0 Å². The fraction of sp³-hybridized carbons (Fsp3) is 0.438. The minimum atomic E-state index is -2.92. The molecule has 1 aliphatic heterocycles. The molecule has 1 saturated carbocycles. The summed E-state index contributed by atoms with van der Waals surface area (Å²) >= 11 is 0. The molecule has 0 amide bonds. The first-order valence-electron chi connectivity index (χ1n) is 7.80. The van der Waals surface area contributed by atoms with Crippen molar-refractivity contribution in [2.45, 2.75) is 19.4 Å². The van der Waals surface area contributed by atoms with E-state index in [2.05, 4.69) is 15.0 Å². The number of aromatic nitrogens is 3. The van der Waals surface area contributed by atoms with E-state index in [-0.39, 0.29) is 6.54 Å². The van der Waals surface area contributed by atoms with Crippen LogP contribution in [0.3, 0.4) is 0 Å². The summed E-state index contributed by atoms with van der Waals surface area (Å²) in [4.78, 5) is 17.7. The molecule has 1 aliphatic carbocycles. The molecular formula is C16H16F2N4O2. The lowest BCUT2D eigenvalue weighted by molar-refractivity contribution is 0.0684. The fourth-order valence-electron chi connectivity index (χ4n) is 3.31. The Balaban J connectivity index is 1.49. The smallest absolute Gasteiger partial charge is 0.339 e. The maximum Gasteiger partial charge on any atom is 0.339 e. The van der Waals surface area contributed by atoms with Gasteiger partial charge in [0.15, 0.2) is 0 Å². The van der Waals surface area contributed by atoms with Gasteiger partial charge in [-0.1, -0.05) is 6.07 Å². The summed E-state index contributed by atoms with van der Waals surface area (Å²) in [5.74, 6) is 1.15. The Bertz CT molecular complexity index is 765. The summed E-state index contributed by atoms with van der Waals surface area (Å²) in [6.45, 7) is 2.30. The maximum absolute atomic E-state index is 12.8. The van der Waals surface area contributed by atoms with Crippen molar-refractivity contribution in [2.75, 3.05) is 18.0 Å². The molecule has 6 nitrogen and oxygen atoms in total. The van der Waals surface area contributed by atoms with Crippen LogP contribution >= 0.6 is 0 Å². The van der Waals surface area contributed by atoms with Gasteiger partial charge in [0, 0.05) is 25.5 Å². The quantitative estimate of drug-likeness (QED) is 0.909. The molecule has 24 heavy (non-hydrogen) atoms. The number of nitrogens with zero attached hydrogens (tertiary/aromatic N) is 4. The average molecular weight is 334 g/mol. The van der Waals surface area contributed by atoms with E-state index in [1.807, 2.05) is 12.1 Å². The molecule has 0 spiro atoms. The molecule has 3 heterocycles. The van der Waals surface area contributed by atoms with Gasteiger partial charge in [-0.3, -0.25) is 4.68 Å². The molecule has 2 unspecified atom stereocenters. The summed E-state index contributed by atoms with van der Waals surface area (Å²) in [6.07, 6.45) is 1.22. The first kappa shape index (κ1) is 15.0. The second-order valence-corrected chi connectivity index (χ2v) is 6.42. The van der Waals surface area contributed by atoms with Crippen molar-refractivity contribution < 1.29 is 18.7 Å². The summed E-state index contributed by atoms with van der Waals surface area (Å²) in [6, 6.07) is 3.78. The summed E-state index contributed by atoms with van der Waals surface area (Å²) in [5, 5.41) is 12.7. The molecule has 8 heteroatoms. The summed E-state index contributed by atoms with van der Waals surface area (Å²) < 4.78 is 26.9. The number of rotatable bonds is 5. The first-order valence-corrected chi connectivity index (χ1v) is 7.80. The van der Waals surface area contributed by atoms with Crippen molar-refractivity contribution in [3.8, 4) is 0 Å². The van der Waals surface area contributed by atoms with Crippen molar-refractivity contribution in [3.63, 3.8) is 0 Å². The molecule has 1 N–H and O–H groups in total. The third kappa shape index (κ3) is 2.72. The highest BCUT2D eigenvalue weighted by Crippen LogP contribution is 2.45. The zero-order chi connectivity index (χ0) is 16.8. The van der Waals surface area contributed by atoms with Crippen molar-refractivity contribution in [1.29, 1.82) is 0 Å². The van der Waals surface area contributed by atoms with Crippen LogP contribution in [-0.4, -0.2) is 38.9 Å². The van der Waals surface area contributed by atoms with Gasteiger partial charge in [0.25, 0.3) is 6.43 Å². The Labute approximate surface area is 136 Å². The minimum absolute atomic E-state index is 0.200. The van der Waals surface area contributed by atoms with E-state index in [9.17, 15) is 13.6 Å². The number of fused-ring (bicyclic) bond motifs is 1. The highest BCUT2D eigenvalue weighted by molar-refractivity contribution is 5.88. The van der Waals surface area contributed by atoms with Crippen LogP contribution in [0.25, 0.3) is 0 Å². The Hall–Kier alpha value is -2.51. The van der Waals surface area contributed by atoms with Gasteiger partial charge in [-0.15, -0.1) is 0 Å². The summed E-state index contributed by atoms with van der Waals surface area (Å²) in [5.41, 5.74) is -0.391. The van der Waals surface area contributed by atoms with Crippen LogP contribution in [0.2, 0.25) is 0 Å². The van der Waals surface area contributed by atoms with E-state index < -0.39 is 23.7 Å². The molecule has 0 bridgehead atoms. The Morgan fingerprint density at radius 1 is 1.33 bits per heavy atom. The lowest BCUT2D eigenvalue weighted by Crippen LogP contribution is -2.22. The van der Waals surface area contributed by atoms with Crippen molar-refractivity contribution >= 4 is 11.8 Å². The minimum Gasteiger partial charge on any atom is -0.478 e. The van der Waals surface area contributed by atoms with E-state index in [1.54, 1.807) is 6.20 Å². The Morgan fingerprint density at radius 2 is 2.08 bits per heavy atom. The summed E-state index contributed by atoms with van der Waals surface area (Å²) in [7, 11) is 0. The van der Waals surface area contributed by atoms with E-state index in [1.165, 1.54) is 11.1 Å². The second-order valence-electron chi connectivity index (χ2n) is 6.42. The van der Waals surface area contributed by atoms with E-state index in [0.29, 0.717) is 0 Å². The van der Waals surface area contributed by atoms with Crippen LogP contribution in [0.1, 0.15) is 34.5 Å². The molecule has 2 fully saturated rings. The molecule has 126 valence electrons. The standard InChI is InChI=1S/C16H16F2N4O2/c17-15(18)14-12(16(23)24)8-22(20-14)5-9-1-2-13(19-4-9)21-6-10-3-11(10)7-21/h1-2,4,8,10-11,15H,3,5-7H2,(H,23,24). The van der Waals surface area contributed by atoms with Crippen molar-refractivity contribution in [1.82, 2.24) is 14.8 Å². The number of halogens is 2. The predicted octanol–water partition coefficient (Wildman–Crippen LogP) is 2.42. The van der Waals surface area contributed by atoms with Gasteiger partial charge in [-0.25, -0.2) is 18.6 Å². The number of hydrogen-bond acceptors (Lipinski definition) is 4. The van der Waals surface area contributed by atoms with Gasteiger partial charge in [-0.2, -0.15) is 5.10 Å². The zero-order valence-corrected chi connectivity index (χ0v) is 12.8. The second kappa shape index (κ2) is 5.54. The van der Waals surface area contributed by atoms with Crippen molar-refractivity contribution in [2.24, 2.45) is 11.8 Å². The molecule has 2 aromatic heterocycles. The number of aromatic carboxylic acids is 1. The van der Waals surface area contributed by atoms with Crippen LogP contribution < -0.4 is 4.90 Å². The number of hydrogen-bond donors (Lipinski definition) is 1. The molecule has 4 rings (SSSR count). The third-order valence-corrected chi connectivity index (χ3v) is 4.68. The van der Waals surface area contributed by atoms with Crippen molar-refractivity contribution in [3.05, 3.63) is 41.3 Å². The van der Waals surface area contributed by atoms with E-state index >= 15 is 0 Å². The Morgan fingerprint density at radius 3 is 2.62 bits per heavy atom. The lowest BCUT2D eigenvalue weighted by atomic mass is 10.2. The number of alkyl halides is 2. The van der Waals surface area contributed by atoms with E-state index in [0.717, 1.165) is 42.5 Å². The number of carbonyl (C=O) groups is 1. The number of carboxylic acids is 1. The Kier molecular flexibility index (Phi) is 3.47. The maximum atomic E-state index is 12.8. The first-order chi connectivity index (χ1) is 11.5. The highest BCUT2D eigenvalue weighted by Gasteiger charge is 2.45. The lowest BCUT2D eigenvalue weighted by Gasteiger charge is -2.18. The van der Waals surface area contributed by atoms with Gasteiger partial charge >= 0.3 is 5.97 Å². The largest absolute Gasteiger partial charge is 0.478 e. The highest BCUT2D eigenvalue weighted by atomic mass is 19.3. The fourth-order valence-corrected chi connectivity index (χ4v) is 3.31. The van der Waals surface area contributed by atoms with Crippen LogP contribution in [0, 0.1) is 11.8 Å². The number of piperidine rings is 1. The normalized spacial score (nSPS) is 22.0. The average Bonchev–Trinajstić information content (AvgIpc) is 2.97. The van der Waals surface area contributed by atoms with Crippen LogP contribution in [0.4, 0.5) is 14.6 Å². The van der Waals surface area contributed by atoms with Crippen LogP contribution in [-0.2, 0) is 6.54 Å². The molecule has 0 radical (unpaired) electrons. The monoisotopic (exact) mass is 334 g/mol. The third-order valence-electron chi connectivity index (χ3n) is 4.68. The SMILES string of the molecule is O=C(O)c1cn(Cc2ccc(N3CC4CC4C3)nc2)nc1C(F)F. The van der Waals surface area contributed by atoms with Gasteiger partial charge < -0.3 is 10.0 Å². The van der Waals surface area contributed by atoms with Gasteiger partial charge in [-0.05, 0) is 29.9 Å². The number of pyridine rings is 1. The topological polar surface area (TPSA) is 71.2 Å². The molecule has 2 atom stereocenters. The van der Waals surface area contributed by atoms with E-state index in [4.69, 9.17) is 5.11 Å². The zero-order valence-electron chi connectivity index (χ0n) is 12.8. The molecule has 2 aliphatic rings. The van der Waals surface area contributed by atoms with Gasteiger partial charge in [0.2, 0.25) is 0 Å². The molecule has 1 saturated heterocycles. The van der Waals surface area contributed by atoms with Gasteiger partial charge in [0.1, 0.15) is 17.1 Å². The number of carboxylic acid groups (broad SMARTS) is 1. The van der Waals surface area contributed by atoms with Crippen LogP contribution in [0.15, 0.2) is 24.5 Å². The predicted molar refractivity (Wildman–Crippen MR) is 81.3 cm³/mol.